The highest BCUT2D eigenvalue weighted by molar-refractivity contribution is 5.79. The number of nitrogens with zero attached hydrogens (tertiary/aromatic N) is 1. The molecule has 0 heterocycles. The lowest BCUT2D eigenvalue weighted by Gasteiger charge is -2.11. The van der Waals surface area contributed by atoms with Gasteiger partial charge in [-0.1, -0.05) is 18.2 Å². The Balaban J connectivity index is 1.71. The third-order valence-corrected chi connectivity index (χ3v) is 3.69. The molecular formula is C19H20N2O6. The Kier molecular flexibility index (Phi) is 6.87. The molecule has 0 atom stereocenters. The minimum Gasteiger partial charge on any atom is -0.483 e. The molecular weight excluding hydrogens is 352 g/mol. The number of nitro benzene ring substituents is 1. The van der Waals surface area contributed by atoms with Crippen LogP contribution in [0.3, 0.4) is 0 Å². The van der Waals surface area contributed by atoms with Gasteiger partial charge in [0, 0.05) is 18.7 Å². The van der Waals surface area contributed by atoms with E-state index in [1.165, 1.54) is 24.3 Å². The zero-order valence-corrected chi connectivity index (χ0v) is 15.1. The van der Waals surface area contributed by atoms with Crippen molar-refractivity contribution in [3.05, 3.63) is 63.7 Å². The quantitative estimate of drug-likeness (QED) is 0.330. The van der Waals surface area contributed by atoms with Crippen LogP contribution in [0.25, 0.3) is 0 Å². The van der Waals surface area contributed by atoms with E-state index in [0.29, 0.717) is 5.75 Å². The van der Waals surface area contributed by atoms with E-state index in [1.54, 1.807) is 0 Å². The zero-order valence-electron chi connectivity index (χ0n) is 15.1. The second kappa shape index (κ2) is 9.33. The number of amides is 1. The van der Waals surface area contributed by atoms with Crippen molar-refractivity contribution < 1.29 is 24.0 Å². The average Bonchev–Trinajstić information content (AvgIpc) is 2.61. The minimum absolute atomic E-state index is 0.0356. The summed E-state index contributed by atoms with van der Waals surface area (Å²) in [6, 6.07) is 10.9. The SMILES string of the molecule is Cc1cccc(C)c1OCC(=O)NCCC(=O)Oc1ccc([N+](=O)[O-])cc1. The lowest BCUT2D eigenvalue weighted by atomic mass is 10.1. The molecule has 8 heteroatoms. The largest absolute Gasteiger partial charge is 0.483 e. The van der Waals surface area contributed by atoms with Gasteiger partial charge in [-0.25, -0.2) is 0 Å². The number of non-ortho nitro benzene ring substituents is 1. The number of esters is 1. The van der Waals surface area contributed by atoms with Crippen molar-refractivity contribution in [2.24, 2.45) is 0 Å². The van der Waals surface area contributed by atoms with Gasteiger partial charge in [0.2, 0.25) is 0 Å². The molecule has 0 aliphatic carbocycles. The fraction of sp³-hybridized carbons (Fsp3) is 0.263. The molecule has 2 aromatic rings. The van der Waals surface area contributed by atoms with E-state index in [4.69, 9.17) is 9.47 Å². The van der Waals surface area contributed by atoms with Gasteiger partial charge in [-0.3, -0.25) is 19.7 Å². The van der Waals surface area contributed by atoms with Gasteiger partial charge in [-0.05, 0) is 37.1 Å². The molecule has 0 radical (unpaired) electrons. The molecule has 142 valence electrons. The van der Waals surface area contributed by atoms with Gasteiger partial charge < -0.3 is 14.8 Å². The lowest BCUT2D eigenvalue weighted by Crippen LogP contribution is -2.31. The number of benzene rings is 2. The van der Waals surface area contributed by atoms with Gasteiger partial charge in [0.05, 0.1) is 11.3 Å². The number of carbonyl (C=O) groups excluding carboxylic acids is 2. The van der Waals surface area contributed by atoms with Crippen LogP contribution in [0.1, 0.15) is 17.5 Å². The van der Waals surface area contributed by atoms with Crippen LogP contribution in [0.15, 0.2) is 42.5 Å². The minimum atomic E-state index is -0.556. The molecule has 1 amide bonds. The van der Waals surface area contributed by atoms with Crippen molar-refractivity contribution in [1.82, 2.24) is 5.32 Å². The Hall–Kier alpha value is -3.42. The summed E-state index contributed by atoms with van der Waals surface area (Å²) in [7, 11) is 0. The Morgan fingerprint density at radius 3 is 2.30 bits per heavy atom. The monoisotopic (exact) mass is 372 g/mol. The highest BCUT2D eigenvalue weighted by atomic mass is 16.6. The van der Waals surface area contributed by atoms with E-state index in [9.17, 15) is 19.7 Å². The second-order valence-electron chi connectivity index (χ2n) is 5.83. The summed E-state index contributed by atoms with van der Waals surface area (Å²) in [4.78, 5) is 33.6. The molecule has 8 nitrogen and oxygen atoms in total. The lowest BCUT2D eigenvalue weighted by molar-refractivity contribution is -0.384. The van der Waals surface area contributed by atoms with Crippen molar-refractivity contribution in [3.8, 4) is 11.5 Å². The van der Waals surface area contributed by atoms with Crippen molar-refractivity contribution in [2.45, 2.75) is 20.3 Å². The zero-order chi connectivity index (χ0) is 19.8. The summed E-state index contributed by atoms with van der Waals surface area (Å²) in [5.41, 5.74) is 1.79. The molecule has 0 fully saturated rings. The first-order chi connectivity index (χ1) is 12.9. The Morgan fingerprint density at radius 2 is 1.70 bits per heavy atom. The third-order valence-electron chi connectivity index (χ3n) is 3.69. The summed E-state index contributed by atoms with van der Waals surface area (Å²) in [5, 5.41) is 13.1. The first-order valence-electron chi connectivity index (χ1n) is 8.27. The van der Waals surface area contributed by atoms with Crippen molar-refractivity contribution >= 4 is 17.6 Å². The van der Waals surface area contributed by atoms with Crippen LogP contribution in [0.2, 0.25) is 0 Å². The van der Waals surface area contributed by atoms with Gasteiger partial charge in [0.1, 0.15) is 11.5 Å². The normalized spacial score (nSPS) is 10.1. The first kappa shape index (κ1) is 19.9. The van der Waals surface area contributed by atoms with E-state index in [0.717, 1.165) is 11.1 Å². The molecule has 1 N–H and O–H groups in total. The molecule has 0 aliphatic rings. The predicted octanol–water partition coefficient (Wildman–Crippen LogP) is 2.70. The highest BCUT2D eigenvalue weighted by Crippen LogP contribution is 2.22. The smallest absolute Gasteiger partial charge is 0.312 e. The number of carbonyl (C=O) groups is 2. The Labute approximate surface area is 156 Å². The highest BCUT2D eigenvalue weighted by Gasteiger charge is 2.10. The summed E-state index contributed by atoms with van der Waals surface area (Å²) in [6.45, 7) is 3.74. The van der Waals surface area contributed by atoms with E-state index >= 15 is 0 Å². The van der Waals surface area contributed by atoms with Crippen molar-refractivity contribution in [2.75, 3.05) is 13.2 Å². The third kappa shape index (κ3) is 6.10. The summed E-state index contributed by atoms with van der Waals surface area (Å²) < 4.78 is 10.6. The molecule has 0 aromatic heterocycles. The van der Waals surface area contributed by atoms with Crippen LogP contribution >= 0.6 is 0 Å². The van der Waals surface area contributed by atoms with Crippen molar-refractivity contribution in [1.29, 1.82) is 0 Å². The Bertz CT molecular complexity index is 812. The summed E-state index contributed by atoms with van der Waals surface area (Å²) >= 11 is 0. The molecule has 2 aromatic carbocycles. The number of para-hydroxylation sites is 1. The molecule has 0 unspecified atom stereocenters. The Morgan fingerprint density at radius 1 is 1.07 bits per heavy atom. The van der Waals surface area contributed by atoms with E-state index in [2.05, 4.69) is 5.32 Å². The van der Waals surface area contributed by atoms with E-state index < -0.39 is 10.9 Å². The molecule has 27 heavy (non-hydrogen) atoms. The van der Waals surface area contributed by atoms with Crippen LogP contribution in [-0.4, -0.2) is 30.0 Å². The van der Waals surface area contributed by atoms with Crippen LogP contribution < -0.4 is 14.8 Å². The van der Waals surface area contributed by atoms with Gasteiger partial charge in [-0.15, -0.1) is 0 Å². The predicted molar refractivity (Wildman–Crippen MR) is 97.8 cm³/mol. The number of hydrogen-bond donors (Lipinski definition) is 1. The van der Waals surface area contributed by atoms with Crippen LogP contribution in [0.5, 0.6) is 11.5 Å². The molecule has 0 bridgehead atoms. The van der Waals surface area contributed by atoms with Crippen LogP contribution in [0, 0.1) is 24.0 Å². The van der Waals surface area contributed by atoms with Gasteiger partial charge in [0.25, 0.3) is 11.6 Å². The standard InChI is InChI=1S/C19H20N2O6/c1-13-4-3-5-14(2)19(13)26-12-17(22)20-11-10-18(23)27-16-8-6-15(7-9-16)21(24)25/h3-9H,10-12H2,1-2H3,(H,20,22). The maximum atomic E-state index is 11.8. The summed E-state index contributed by atoms with van der Waals surface area (Å²) in [5.74, 6) is -0.0267. The van der Waals surface area contributed by atoms with Crippen molar-refractivity contribution in [3.63, 3.8) is 0 Å². The number of nitrogens with one attached hydrogen (secondary N) is 1. The van der Waals surface area contributed by atoms with Gasteiger partial charge in [0.15, 0.2) is 6.61 Å². The average molecular weight is 372 g/mol. The summed E-state index contributed by atoms with van der Waals surface area (Å²) in [6.07, 6.45) is -0.0356. The molecule has 0 saturated heterocycles. The number of rotatable bonds is 8. The van der Waals surface area contributed by atoms with Crippen LogP contribution in [-0.2, 0) is 9.59 Å². The van der Waals surface area contributed by atoms with E-state index in [1.807, 2.05) is 32.0 Å². The molecule has 2 rings (SSSR count). The van der Waals surface area contributed by atoms with E-state index in [-0.39, 0.29) is 36.9 Å². The maximum absolute atomic E-state index is 11.8. The van der Waals surface area contributed by atoms with Gasteiger partial charge in [-0.2, -0.15) is 0 Å². The molecule has 0 spiro atoms. The topological polar surface area (TPSA) is 108 Å². The fourth-order valence-electron chi connectivity index (χ4n) is 2.34. The number of hydrogen-bond acceptors (Lipinski definition) is 6. The number of ether oxygens (including phenoxy) is 2. The molecule has 0 saturated carbocycles. The number of nitro groups is 1. The maximum Gasteiger partial charge on any atom is 0.312 e. The first-order valence-corrected chi connectivity index (χ1v) is 8.27. The van der Waals surface area contributed by atoms with Crippen LogP contribution in [0.4, 0.5) is 5.69 Å². The van der Waals surface area contributed by atoms with Gasteiger partial charge >= 0.3 is 5.97 Å². The molecule has 0 aliphatic heterocycles. The second-order valence-corrected chi connectivity index (χ2v) is 5.83. The number of aryl methyl sites for hydroxylation is 2. The fourth-order valence-corrected chi connectivity index (χ4v) is 2.34.